The molecule has 0 spiro atoms. The summed E-state index contributed by atoms with van der Waals surface area (Å²) in [6.07, 6.45) is 3.86. The van der Waals surface area contributed by atoms with E-state index in [1.54, 1.807) is 19.2 Å². The summed E-state index contributed by atoms with van der Waals surface area (Å²) in [5, 5.41) is 2.96. The second-order valence-electron chi connectivity index (χ2n) is 1.97. The monoisotopic (exact) mass is 157 g/mol. The third kappa shape index (κ3) is 6.90. The lowest BCUT2D eigenvalue weighted by Crippen LogP contribution is -2.04. The largest absolute Gasteiger partial charge is 0.466 e. The molecule has 0 aliphatic rings. The van der Waals surface area contributed by atoms with Crippen molar-refractivity contribution in [2.75, 3.05) is 13.2 Å². The van der Waals surface area contributed by atoms with Gasteiger partial charge in [-0.1, -0.05) is 6.08 Å². The summed E-state index contributed by atoms with van der Waals surface area (Å²) in [6.45, 7) is 5.12. The number of ether oxygens (including phenoxy) is 1. The van der Waals surface area contributed by atoms with Gasteiger partial charge in [0.25, 0.3) is 0 Å². The van der Waals surface area contributed by atoms with Crippen LogP contribution in [0.1, 0.15) is 20.3 Å². The van der Waals surface area contributed by atoms with Crippen molar-refractivity contribution in [1.29, 1.82) is 0 Å². The summed E-state index contributed by atoms with van der Waals surface area (Å²) in [4.78, 5) is 10.7. The van der Waals surface area contributed by atoms with Crippen molar-refractivity contribution < 1.29 is 9.53 Å². The number of hydrogen-bond acceptors (Lipinski definition) is 3. The van der Waals surface area contributed by atoms with E-state index in [4.69, 9.17) is 4.74 Å². The molecule has 3 heteroatoms. The SMILES string of the molecule is CCNC=CCC(=O)OCC. The summed E-state index contributed by atoms with van der Waals surface area (Å²) in [5.41, 5.74) is 0. The van der Waals surface area contributed by atoms with Crippen LogP contribution < -0.4 is 5.32 Å². The number of carbonyl (C=O) groups is 1. The molecule has 0 fully saturated rings. The lowest BCUT2D eigenvalue weighted by atomic mass is 10.4. The average Bonchev–Trinajstić information content (AvgIpc) is 1.99. The molecular formula is C8H15NO2. The molecule has 64 valence electrons. The molecule has 3 nitrogen and oxygen atoms in total. The number of carbonyl (C=O) groups excluding carboxylic acids is 1. The topological polar surface area (TPSA) is 38.3 Å². The smallest absolute Gasteiger partial charge is 0.309 e. The van der Waals surface area contributed by atoms with Crippen LogP contribution in [0, 0.1) is 0 Å². The van der Waals surface area contributed by atoms with Gasteiger partial charge in [-0.15, -0.1) is 0 Å². The Bertz CT molecular complexity index is 132. The van der Waals surface area contributed by atoms with Crippen LogP contribution in [0.25, 0.3) is 0 Å². The Kier molecular flexibility index (Phi) is 6.48. The fourth-order valence-corrected chi connectivity index (χ4v) is 0.576. The van der Waals surface area contributed by atoms with Gasteiger partial charge >= 0.3 is 5.97 Å². The van der Waals surface area contributed by atoms with Gasteiger partial charge in [-0.3, -0.25) is 4.79 Å². The zero-order chi connectivity index (χ0) is 8.53. The molecule has 0 aromatic heterocycles. The molecule has 0 radical (unpaired) electrons. The van der Waals surface area contributed by atoms with Crippen LogP contribution in [0.2, 0.25) is 0 Å². The Morgan fingerprint density at radius 1 is 1.55 bits per heavy atom. The van der Waals surface area contributed by atoms with Gasteiger partial charge in [0.05, 0.1) is 13.0 Å². The first-order valence-electron chi connectivity index (χ1n) is 3.85. The average molecular weight is 157 g/mol. The molecule has 0 aromatic rings. The minimum Gasteiger partial charge on any atom is -0.466 e. The number of esters is 1. The van der Waals surface area contributed by atoms with Crippen molar-refractivity contribution in [2.24, 2.45) is 0 Å². The lowest BCUT2D eigenvalue weighted by Gasteiger charge is -1.96. The fourth-order valence-electron chi connectivity index (χ4n) is 0.576. The van der Waals surface area contributed by atoms with Crippen molar-refractivity contribution in [3.63, 3.8) is 0 Å². The van der Waals surface area contributed by atoms with E-state index >= 15 is 0 Å². The van der Waals surface area contributed by atoms with Crippen molar-refractivity contribution in [3.8, 4) is 0 Å². The highest BCUT2D eigenvalue weighted by atomic mass is 16.5. The van der Waals surface area contributed by atoms with E-state index in [1.165, 1.54) is 0 Å². The van der Waals surface area contributed by atoms with Gasteiger partial charge in [0.15, 0.2) is 0 Å². The molecule has 0 amide bonds. The third-order valence-corrected chi connectivity index (χ3v) is 1.03. The van der Waals surface area contributed by atoms with Gasteiger partial charge in [-0.05, 0) is 20.0 Å². The summed E-state index contributed by atoms with van der Waals surface area (Å²) < 4.78 is 4.70. The van der Waals surface area contributed by atoms with Crippen LogP contribution in [0.4, 0.5) is 0 Å². The normalized spacial score (nSPS) is 10.0. The Balaban J connectivity index is 3.29. The second kappa shape index (κ2) is 7.12. The van der Waals surface area contributed by atoms with Gasteiger partial charge in [0.2, 0.25) is 0 Å². The lowest BCUT2D eigenvalue weighted by molar-refractivity contribution is -0.142. The van der Waals surface area contributed by atoms with Gasteiger partial charge in [0, 0.05) is 6.54 Å². The zero-order valence-corrected chi connectivity index (χ0v) is 7.09. The highest BCUT2D eigenvalue weighted by Crippen LogP contribution is 1.86. The molecule has 0 aliphatic heterocycles. The molecule has 0 unspecified atom stereocenters. The quantitative estimate of drug-likeness (QED) is 0.606. The van der Waals surface area contributed by atoms with Gasteiger partial charge in [-0.25, -0.2) is 0 Å². The maximum Gasteiger partial charge on any atom is 0.309 e. The van der Waals surface area contributed by atoms with Crippen LogP contribution in [0.5, 0.6) is 0 Å². The highest BCUT2D eigenvalue weighted by molar-refractivity contribution is 5.70. The fraction of sp³-hybridized carbons (Fsp3) is 0.625. The van der Waals surface area contributed by atoms with Crippen molar-refractivity contribution in [1.82, 2.24) is 5.32 Å². The van der Waals surface area contributed by atoms with Crippen LogP contribution in [-0.2, 0) is 9.53 Å². The van der Waals surface area contributed by atoms with Gasteiger partial charge in [0.1, 0.15) is 0 Å². The Hall–Kier alpha value is -0.990. The Morgan fingerprint density at radius 2 is 2.27 bits per heavy atom. The van der Waals surface area contributed by atoms with Crippen LogP contribution in [0.15, 0.2) is 12.3 Å². The minimum atomic E-state index is -0.179. The van der Waals surface area contributed by atoms with Gasteiger partial charge in [-0.2, -0.15) is 0 Å². The van der Waals surface area contributed by atoms with Crippen LogP contribution in [-0.4, -0.2) is 19.1 Å². The maximum absolute atomic E-state index is 10.7. The molecule has 0 heterocycles. The Labute approximate surface area is 67.4 Å². The number of rotatable bonds is 5. The van der Waals surface area contributed by atoms with Crippen molar-refractivity contribution in [3.05, 3.63) is 12.3 Å². The Morgan fingerprint density at radius 3 is 2.82 bits per heavy atom. The van der Waals surface area contributed by atoms with E-state index in [-0.39, 0.29) is 5.97 Å². The molecule has 0 rings (SSSR count). The number of nitrogens with one attached hydrogen (secondary N) is 1. The van der Waals surface area contributed by atoms with E-state index in [1.807, 2.05) is 6.92 Å². The van der Waals surface area contributed by atoms with Gasteiger partial charge < -0.3 is 10.1 Å². The first kappa shape index (κ1) is 10.0. The van der Waals surface area contributed by atoms with E-state index in [0.717, 1.165) is 6.54 Å². The molecule has 0 aliphatic carbocycles. The predicted octanol–water partition coefficient (Wildman–Crippen LogP) is 1.06. The summed E-state index contributed by atoms with van der Waals surface area (Å²) in [7, 11) is 0. The summed E-state index contributed by atoms with van der Waals surface area (Å²) in [6, 6.07) is 0. The standard InChI is InChI=1S/C8H15NO2/c1-3-9-7-5-6-8(10)11-4-2/h5,7,9H,3-4,6H2,1-2H3. The van der Waals surface area contributed by atoms with Crippen LogP contribution in [0.3, 0.4) is 0 Å². The van der Waals surface area contributed by atoms with E-state index in [0.29, 0.717) is 13.0 Å². The first-order valence-corrected chi connectivity index (χ1v) is 3.85. The molecule has 0 bridgehead atoms. The summed E-state index contributed by atoms with van der Waals surface area (Å²) in [5.74, 6) is -0.179. The van der Waals surface area contributed by atoms with Crippen molar-refractivity contribution in [2.45, 2.75) is 20.3 Å². The van der Waals surface area contributed by atoms with Crippen molar-refractivity contribution >= 4 is 5.97 Å². The summed E-state index contributed by atoms with van der Waals surface area (Å²) >= 11 is 0. The third-order valence-electron chi connectivity index (χ3n) is 1.03. The first-order chi connectivity index (χ1) is 5.31. The van der Waals surface area contributed by atoms with E-state index < -0.39 is 0 Å². The molecule has 0 saturated carbocycles. The zero-order valence-electron chi connectivity index (χ0n) is 7.09. The van der Waals surface area contributed by atoms with E-state index in [9.17, 15) is 4.79 Å². The molecule has 0 aromatic carbocycles. The molecule has 1 N–H and O–H groups in total. The molecule has 11 heavy (non-hydrogen) atoms. The predicted molar refractivity (Wildman–Crippen MR) is 44.1 cm³/mol. The molecule has 0 saturated heterocycles. The second-order valence-corrected chi connectivity index (χ2v) is 1.97. The van der Waals surface area contributed by atoms with Crippen LogP contribution >= 0.6 is 0 Å². The highest BCUT2D eigenvalue weighted by Gasteiger charge is 1.94. The molecule has 0 atom stereocenters. The number of hydrogen-bond donors (Lipinski definition) is 1. The maximum atomic E-state index is 10.7. The van der Waals surface area contributed by atoms with E-state index in [2.05, 4.69) is 5.32 Å². The minimum absolute atomic E-state index is 0.179. The molecular weight excluding hydrogens is 142 g/mol.